The molecule has 0 saturated carbocycles. The number of carbonyl (C=O) groups is 2. The Morgan fingerprint density at radius 1 is 1.03 bits per heavy atom. The molecule has 7 nitrogen and oxygen atoms in total. The summed E-state index contributed by atoms with van der Waals surface area (Å²) in [5.74, 6) is 0.649. The minimum atomic E-state index is -0.388. The van der Waals surface area contributed by atoms with Crippen LogP contribution in [0.4, 0.5) is 10.1 Å². The van der Waals surface area contributed by atoms with E-state index < -0.39 is 0 Å². The lowest BCUT2D eigenvalue weighted by molar-refractivity contribution is -0.895. The number of nitrogens with one attached hydrogen (secondary N) is 2. The second kappa shape index (κ2) is 8.48. The summed E-state index contributed by atoms with van der Waals surface area (Å²) in [7, 11) is 0. The van der Waals surface area contributed by atoms with Gasteiger partial charge in [0.15, 0.2) is 18.0 Å². The number of amides is 2. The number of rotatable bonds is 4. The Morgan fingerprint density at radius 2 is 1.79 bits per heavy atom. The van der Waals surface area contributed by atoms with Crippen molar-refractivity contribution in [1.29, 1.82) is 0 Å². The number of benzene rings is 2. The van der Waals surface area contributed by atoms with Gasteiger partial charge in [-0.2, -0.15) is 0 Å². The first-order valence-corrected chi connectivity index (χ1v) is 9.66. The molecule has 1 saturated heterocycles. The van der Waals surface area contributed by atoms with Crippen LogP contribution in [0, 0.1) is 5.82 Å². The van der Waals surface area contributed by atoms with Crippen LogP contribution in [-0.4, -0.2) is 62.7 Å². The minimum Gasteiger partial charge on any atom is -0.486 e. The van der Waals surface area contributed by atoms with Crippen molar-refractivity contribution >= 4 is 17.5 Å². The van der Waals surface area contributed by atoms with Crippen LogP contribution in [0.2, 0.25) is 0 Å². The molecule has 2 N–H and O–H groups in total. The number of fused-ring (bicyclic) bond motifs is 1. The lowest BCUT2D eigenvalue weighted by Gasteiger charge is -2.32. The third-order valence-electron chi connectivity index (χ3n) is 5.07. The van der Waals surface area contributed by atoms with Crippen LogP contribution in [0.3, 0.4) is 0 Å². The molecular weight excluding hydrogens is 377 g/mol. The summed E-state index contributed by atoms with van der Waals surface area (Å²) in [6.07, 6.45) is 0. The van der Waals surface area contributed by atoms with Crippen LogP contribution in [0.1, 0.15) is 10.4 Å². The van der Waals surface area contributed by atoms with Gasteiger partial charge in [0.25, 0.3) is 11.8 Å². The highest BCUT2D eigenvalue weighted by atomic mass is 19.1. The number of halogens is 1. The Hall–Kier alpha value is -3.13. The van der Waals surface area contributed by atoms with Crippen molar-refractivity contribution in [2.24, 2.45) is 0 Å². The first-order valence-electron chi connectivity index (χ1n) is 9.66. The second-order valence-electron chi connectivity index (χ2n) is 7.14. The van der Waals surface area contributed by atoms with Crippen LogP contribution in [-0.2, 0) is 4.79 Å². The number of hydrogen-bond acceptors (Lipinski definition) is 4. The van der Waals surface area contributed by atoms with E-state index in [9.17, 15) is 14.0 Å². The lowest BCUT2D eigenvalue weighted by atomic mass is 10.1. The van der Waals surface area contributed by atoms with Gasteiger partial charge in [0.1, 0.15) is 19.0 Å². The normalized spacial score (nSPS) is 16.4. The van der Waals surface area contributed by atoms with E-state index in [-0.39, 0.29) is 24.2 Å². The zero-order valence-electron chi connectivity index (χ0n) is 15.9. The Balaban J connectivity index is 1.29. The summed E-state index contributed by atoms with van der Waals surface area (Å²) >= 11 is 0. The fourth-order valence-corrected chi connectivity index (χ4v) is 3.56. The largest absolute Gasteiger partial charge is 0.486 e. The van der Waals surface area contributed by atoms with Crippen molar-refractivity contribution in [2.45, 2.75) is 0 Å². The third kappa shape index (κ3) is 4.65. The number of nitrogens with zero attached hydrogens (tertiary/aromatic N) is 1. The number of ether oxygens (including phenoxy) is 2. The van der Waals surface area contributed by atoms with E-state index in [1.165, 1.54) is 12.1 Å². The van der Waals surface area contributed by atoms with Gasteiger partial charge in [0, 0.05) is 11.3 Å². The van der Waals surface area contributed by atoms with Crippen molar-refractivity contribution in [1.82, 2.24) is 4.90 Å². The van der Waals surface area contributed by atoms with E-state index in [0.717, 1.165) is 4.90 Å². The van der Waals surface area contributed by atoms with E-state index in [1.54, 1.807) is 35.2 Å². The van der Waals surface area contributed by atoms with Gasteiger partial charge in [-0.15, -0.1) is 0 Å². The van der Waals surface area contributed by atoms with E-state index in [1.807, 2.05) is 0 Å². The Morgan fingerprint density at radius 3 is 2.55 bits per heavy atom. The number of quaternary nitrogens is 1. The first-order chi connectivity index (χ1) is 14.1. The van der Waals surface area contributed by atoms with E-state index in [0.29, 0.717) is 62.1 Å². The van der Waals surface area contributed by atoms with E-state index in [4.69, 9.17) is 9.47 Å². The zero-order valence-corrected chi connectivity index (χ0v) is 15.9. The zero-order chi connectivity index (χ0) is 20.2. The van der Waals surface area contributed by atoms with Gasteiger partial charge in [-0.3, -0.25) is 9.59 Å². The average molecular weight is 400 g/mol. The lowest BCUT2D eigenvalue weighted by Crippen LogP contribution is -3.15. The summed E-state index contributed by atoms with van der Waals surface area (Å²) in [6.45, 7) is 3.75. The van der Waals surface area contributed by atoms with Crippen LogP contribution < -0.4 is 19.7 Å². The molecule has 0 aliphatic carbocycles. The molecule has 4 rings (SSSR count). The maximum Gasteiger partial charge on any atom is 0.279 e. The third-order valence-corrected chi connectivity index (χ3v) is 5.07. The summed E-state index contributed by atoms with van der Waals surface area (Å²) in [4.78, 5) is 27.9. The summed E-state index contributed by atoms with van der Waals surface area (Å²) in [5, 5.41) is 2.71. The minimum absolute atomic E-state index is 0.0507. The molecule has 2 aliphatic rings. The Labute approximate surface area is 168 Å². The van der Waals surface area contributed by atoms with E-state index in [2.05, 4.69) is 5.32 Å². The Bertz CT molecular complexity index is 913. The van der Waals surface area contributed by atoms with Gasteiger partial charge in [0.05, 0.1) is 26.2 Å². The fourth-order valence-electron chi connectivity index (χ4n) is 3.56. The van der Waals surface area contributed by atoms with Crippen LogP contribution in [0.5, 0.6) is 11.5 Å². The predicted molar refractivity (Wildman–Crippen MR) is 104 cm³/mol. The first kappa shape index (κ1) is 19.2. The fraction of sp³-hybridized carbons (Fsp3) is 0.333. The van der Waals surface area contributed by atoms with Crippen molar-refractivity contribution < 1.29 is 28.4 Å². The maximum atomic E-state index is 13.2. The topological polar surface area (TPSA) is 72.3 Å². The van der Waals surface area contributed by atoms with Gasteiger partial charge in [-0.05, 0) is 36.4 Å². The van der Waals surface area contributed by atoms with Crippen LogP contribution in [0.25, 0.3) is 0 Å². The smallest absolute Gasteiger partial charge is 0.279 e. The average Bonchev–Trinajstić information content (AvgIpc) is 2.73. The van der Waals surface area contributed by atoms with Gasteiger partial charge in [0.2, 0.25) is 0 Å². The number of anilines is 1. The van der Waals surface area contributed by atoms with Crippen molar-refractivity contribution in [3.8, 4) is 11.5 Å². The summed E-state index contributed by atoms with van der Waals surface area (Å²) in [6, 6.07) is 11.1. The highest BCUT2D eigenvalue weighted by Gasteiger charge is 2.27. The summed E-state index contributed by atoms with van der Waals surface area (Å²) < 4.78 is 24.3. The van der Waals surface area contributed by atoms with Crippen LogP contribution in [0.15, 0.2) is 42.5 Å². The molecule has 29 heavy (non-hydrogen) atoms. The molecule has 2 aliphatic heterocycles. The molecule has 0 unspecified atom stereocenters. The number of carbonyl (C=O) groups excluding carboxylic acids is 2. The predicted octanol–water partition coefficient (Wildman–Crippen LogP) is 0.576. The molecule has 8 heteroatoms. The van der Waals surface area contributed by atoms with Crippen molar-refractivity contribution in [3.63, 3.8) is 0 Å². The molecule has 1 fully saturated rings. The quantitative estimate of drug-likeness (QED) is 0.788. The van der Waals surface area contributed by atoms with E-state index >= 15 is 0 Å². The number of hydrogen-bond donors (Lipinski definition) is 2. The standard InChI is InChI=1S/C21H22FN3O4/c22-16-2-1-3-17(13-16)23-20(26)14-24-6-8-25(9-7-24)21(27)15-4-5-18-19(12-15)29-11-10-28-18/h1-5,12-13H,6-11,14H2,(H,23,26)/p+1. The molecule has 2 heterocycles. The SMILES string of the molecule is O=C(C[NH+]1CCN(C(=O)c2ccc3c(c2)OCCO3)CC1)Nc1cccc(F)c1. The molecule has 152 valence electrons. The van der Waals surface area contributed by atoms with Crippen LogP contribution >= 0.6 is 0 Å². The van der Waals surface area contributed by atoms with Gasteiger partial charge in [-0.25, -0.2) is 4.39 Å². The van der Waals surface area contributed by atoms with Gasteiger partial charge < -0.3 is 24.6 Å². The molecule has 2 aromatic carbocycles. The highest BCUT2D eigenvalue weighted by Crippen LogP contribution is 2.31. The van der Waals surface area contributed by atoms with Gasteiger partial charge in [-0.1, -0.05) is 6.07 Å². The summed E-state index contributed by atoms with van der Waals surface area (Å²) in [5.41, 5.74) is 1.02. The molecule has 0 bridgehead atoms. The van der Waals surface area contributed by atoms with Crippen molar-refractivity contribution in [2.75, 3.05) is 51.3 Å². The molecule has 0 aromatic heterocycles. The second-order valence-corrected chi connectivity index (χ2v) is 7.14. The monoisotopic (exact) mass is 400 g/mol. The van der Waals surface area contributed by atoms with Crippen molar-refractivity contribution in [3.05, 3.63) is 53.8 Å². The molecule has 0 radical (unpaired) electrons. The number of piperazine rings is 1. The molecule has 0 atom stereocenters. The maximum absolute atomic E-state index is 13.2. The molecule has 2 aromatic rings. The highest BCUT2D eigenvalue weighted by molar-refractivity contribution is 5.95. The molecule has 2 amide bonds. The molecular formula is C21H23FN3O4+. The molecule has 0 spiro atoms. The van der Waals surface area contributed by atoms with Gasteiger partial charge >= 0.3 is 0 Å². The Kier molecular flexibility index (Phi) is 5.62.